The van der Waals surface area contributed by atoms with Gasteiger partial charge in [-0.2, -0.15) is 0 Å². The SMILES string of the molecule is C[C@@H](c1ccccc1)[C@@H](NC(=O)OC(C)(C)C)C(=O)N1CCC2(CC1)CC(=O)c1ccccc12. The van der Waals surface area contributed by atoms with Crippen LogP contribution in [0.4, 0.5) is 4.79 Å². The Morgan fingerprint density at radius 2 is 1.62 bits per heavy atom. The highest BCUT2D eigenvalue weighted by Gasteiger charge is 2.46. The van der Waals surface area contributed by atoms with E-state index < -0.39 is 17.7 Å². The number of nitrogens with zero attached hydrogens (tertiary/aromatic N) is 1. The average molecular weight is 463 g/mol. The highest BCUT2D eigenvalue weighted by atomic mass is 16.6. The Balaban J connectivity index is 1.52. The molecule has 0 bridgehead atoms. The van der Waals surface area contributed by atoms with E-state index in [1.807, 2.05) is 60.4 Å². The number of nitrogens with one attached hydrogen (secondary N) is 1. The summed E-state index contributed by atoms with van der Waals surface area (Å²) in [6.45, 7) is 8.45. The molecule has 0 radical (unpaired) electrons. The third-order valence-electron chi connectivity index (χ3n) is 7.09. The lowest BCUT2D eigenvalue weighted by Gasteiger charge is -2.41. The van der Waals surface area contributed by atoms with Crippen LogP contribution in [-0.4, -0.2) is 47.4 Å². The lowest BCUT2D eigenvalue weighted by Crippen LogP contribution is -2.54. The summed E-state index contributed by atoms with van der Waals surface area (Å²) in [5.41, 5.74) is 2.07. The summed E-state index contributed by atoms with van der Waals surface area (Å²) in [5.74, 6) is -0.155. The Bertz CT molecular complexity index is 1070. The van der Waals surface area contributed by atoms with E-state index in [2.05, 4.69) is 11.4 Å². The zero-order valence-corrected chi connectivity index (χ0v) is 20.5. The first-order chi connectivity index (χ1) is 16.1. The molecular weight excluding hydrogens is 428 g/mol. The second-order valence-electron chi connectivity index (χ2n) is 10.6. The quantitative estimate of drug-likeness (QED) is 0.706. The van der Waals surface area contributed by atoms with E-state index in [0.717, 1.165) is 29.5 Å². The van der Waals surface area contributed by atoms with Crippen LogP contribution in [0.2, 0.25) is 0 Å². The van der Waals surface area contributed by atoms with Crippen molar-refractivity contribution in [1.82, 2.24) is 10.2 Å². The molecule has 180 valence electrons. The number of Topliss-reactive ketones (excluding diaryl/α,β-unsaturated/α-hetero) is 1. The predicted molar refractivity (Wildman–Crippen MR) is 131 cm³/mol. The molecule has 1 heterocycles. The van der Waals surface area contributed by atoms with Crippen molar-refractivity contribution >= 4 is 17.8 Å². The van der Waals surface area contributed by atoms with Gasteiger partial charge in [0.1, 0.15) is 11.6 Å². The summed E-state index contributed by atoms with van der Waals surface area (Å²) in [5, 5.41) is 2.85. The minimum absolute atomic E-state index is 0.116. The number of hydrogen-bond donors (Lipinski definition) is 1. The van der Waals surface area contributed by atoms with Crippen LogP contribution in [0.3, 0.4) is 0 Å². The molecule has 6 heteroatoms. The Labute approximate surface area is 201 Å². The smallest absolute Gasteiger partial charge is 0.408 e. The van der Waals surface area contributed by atoms with Gasteiger partial charge in [-0.3, -0.25) is 9.59 Å². The molecule has 1 aliphatic heterocycles. The molecule has 1 saturated heterocycles. The van der Waals surface area contributed by atoms with Crippen LogP contribution in [0, 0.1) is 0 Å². The van der Waals surface area contributed by atoms with Crippen LogP contribution in [0.5, 0.6) is 0 Å². The normalized spacial score (nSPS) is 18.8. The Hall–Kier alpha value is -3.15. The second kappa shape index (κ2) is 9.24. The van der Waals surface area contributed by atoms with E-state index in [9.17, 15) is 14.4 Å². The van der Waals surface area contributed by atoms with Crippen molar-refractivity contribution < 1.29 is 19.1 Å². The fourth-order valence-electron chi connectivity index (χ4n) is 5.27. The first-order valence-corrected chi connectivity index (χ1v) is 12.1. The van der Waals surface area contributed by atoms with Crippen LogP contribution >= 0.6 is 0 Å². The standard InChI is InChI=1S/C28H34N2O4/c1-19(20-10-6-5-7-11-20)24(29-26(33)34-27(2,3)4)25(32)30-16-14-28(15-17-30)18-23(31)21-12-8-9-13-22(21)28/h5-13,19,24H,14-18H2,1-4H3,(H,29,33)/t19-,24+/m0/s1. The molecule has 0 aromatic heterocycles. The number of rotatable bonds is 4. The number of piperidine rings is 1. The van der Waals surface area contributed by atoms with Gasteiger partial charge in [0.2, 0.25) is 5.91 Å². The van der Waals surface area contributed by atoms with Crippen LogP contribution in [0.25, 0.3) is 0 Å². The Morgan fingerprint density at radius 3 is 2.26 bits per heavy atom. The largest absolute Gasteiger partial charge is 0.444 e. The number of likely N-dealkylation sites (tertiary alicyclic amines) is 1. The van der Waals surface area contributed by atoms with Gasteiger partial charge in [-0.05, 0) is 44.7 Å². The summed E-state index contributed by atoms with van der Waals surface area (Å²) in [4.78, 5) is 40.8. The van der Waals surface area contributed by atoms with Crippen LogP contribution in [0.1, 0.15) is 74.4 Å². The molecular formula is C28H34N2O4. The molecule has 34 heavy (non-hydrogen) atoms. The van der Waals surface area contributed by atoms with Crippen LogP contribution in [-0.2, 0) is 14.9 Å². The molecule has 1 fully saturated rings. The topological polar surface area (TPSA) is 75.7 Å². The van der Waals surface area contributed by atoms with Gasteiger partial charge in [0.25, 0.3) is 0 Å². The number of carbonyl (C=O) groups is 3. The van der Waals surface area contributed by atoms with Gasteiger partial charge in [0, 0.05) is 36.4 Å². The molecule has 1 aliphatic carbocycles. The van der Waals surface area contributed by atoms with Gasteiger partial charge < -0.3 is 15.0 Å². The zero-order chi connectivity index (χ0) is 24.5. The van der Waals surface area contributed by atoms with E-state index in [1.54, 1.807) is 20.8 Å². The van der Waals surface area contributed by atoms with Crippen molar-refractivity contribution in [3.8, 4) is 0 Å². The number of fused-ring (bicyclic) bond motifs is 2. The molecule has 0 unspecified atom stereocenters. The third-order valence-corrected chi connectivity index (χ3v) is 7.09. The summed E-state index contributed by atoms with van der Waals surface area (Å²) < 4.78 is 5.46. The highest BCUT2D eigenvalue weighted by Crippen LogP contribution is 2.46. The maximum atomic E-state index is 13.7. The second-order valence-corrected chi connectivity index (χ2v) is 10.6. The van der Waals surface area contributed by atoms with Crippen molar-refractivity contribution in [3.63, 3.8) is 0 Å². The van der Waals surface area contributed by atoms with Crippen molar-refractivity contribution in [2.45, 2.75) is 69.9 Å². The van der Waals surface area contributed by atoms with Crippen LogP contribution < -0.4 is 5.32 Å². The van der Waals surface area contributed by atoms with Gasteiger partial charge in [0.15, 0.2) is 5.78 Å². The number of ether oxygens (including phenoxy) is 1. The number of amides is 2. The third kappa shape index (κ3) is 4.86. The van der Waals surface area contributed by atoms with Crippen molar-refractivity contribution in [2.75, 3.05) is 13.1 Å². The minimum Gasteiger partial charge on any atom is -0.444 e. The molecule has 6 nitrogen and oxygen atoms in total. The first kappa shape index (κ1) is 24.0. The number of ketones is 1. The van der Waals surface area contributed by atoms with E-state index >= 15 is 0 Å². The van der Waals surface area contributed by atoms with Crippen molar-refractivity contribution in [2.24, 2.45) is 0 Å². The zero-order valence-electron chi connectivity index (χ0n) is 20.5. The Morgan fingerprint density at radius 1 is 1.00 bits per heavy atom. The van der Waals surface area contributed by atoms with Crippen molar-refractivity contribution in [3.05, 3.63) is 71.3 Å². The molecule has 2 aromatic rings. The molecule has 2 aromatic carbocycles. The van der Waals surface area contributed by atoms with Gasteiger partial charge in [-0.1, -0.05) is 61.5 Å². The summed E-state index contributed by atoms with van der Waals surface area (Å²) in [7, 11) is 0. The number of alkyl carbamates (subject to hydrolysis) is 1. The fraction of sp³-hybridized carbons (Fsp3) is 0.464. The molecule has 2 amide bonds. The molecule has 1 N–H and O–H groups in total. The van der Waals surface area contributed by atoms with Crippen LogP contribution in [0.15, 0.2) is 54.6 Å². The van der Waals surface area contributed by atoms with Crippen molar-refractivity contribution in [1.29, 1.82) is 0 Å². The summed E-state index contributed by atoms with van der Waals surface area (Å²) in [6, 6.07) is 16.8. The summed E-state index contributed by atoms with van der Waals surface area (Å²) in [6.07, 6.45) is 1.38. The molecule has 2 atom stereocenters. The Kier molecular flexibility index (Phi) is 6.52. The predicted octanol–water partition coefficient (Wildman–Crippen LogP) is 4.83. The first-order valence-electron chi connectivity index (χ1n) is 12.1. The molecule has 1 spiro atoms. The maximum absolute atomic E-state index is 13.7. The fourth-order valence-corrected chi connectivity index (χ4v) is 5.27. The summed E-state index contributed by atoms with van der Waals surface area (Å²) >= 11 is 0. The lowest BCUT2D eigenvalue weighted by molar-refractivity contribution is -0.135. The monoisotopic (exact) mass is 462 g/mol. The van der Waals surface area contributed by atoms with E-state index in [0.29, 0.717) is 19.5 Å². The highest BCUT2D eigenvalue weighted by molar-refractivity contribution is 6.02. The lowest BCUT2D eigenvalue weighted by atomic mass is 9.73. The molecule has 2 aliphatic rings. The number of carbonyl (C=O) groups excluding carboxylic acids is 3. The van der Waals surface area contributed by atoms with Gasteiger partial charge >= 0.3 is 6.09 Å². The minimum atomic E-state index is -0.746. The average Bonchev–Trinajstić information content (AvgIpc) is 3.08. The van der Waals surface area contributed by atoms with Gasteiger partial charge in [-0.15, -0.1) is 0 Å². The number of hydrogen-bond acceptors (Lipinski definition) is 4. The van der Waals surface area contributed by atoms with E-state index in [-0.39, 0.29) is 23.0 Å². The van der Waals surface area contributed by atoms with E-state index in [4.69, 9.17) is 4.74 Å². The molecule has 4 rings (SSSR count). The van der Waals surface area contributed by atoms with E-state index in [1.165, 1.54) is 0 Å². The van der Waals surface area contributed by atoms with Gasteiger partial charge in [-0.25, -0.2) is 4.79 Å². The maximum Gasteiger partial charge on any atom is 0.408 e. The number of benzene rings is 2. The van der Waals surface area contributed by atoms with Gasteiger partial charge in [0.05, 0.1) is 0 Å². The molecule has 0 saturated carbocycles.